The van der Waals surface area contributed by atoms with Gasteiger partial charge >= 0.3 is 0 Å². The van der Waals surface area contributed by atoms with Gasteiger partial charge in [0.25, 0.3) is 5.91 Å². The molecule has 138 valence electrons. The number of amides is 1. The van der Waals surface area contributed by atoms with Crippen LogP contribution in [0.15, 0.2) is 18.3 Å². The van der Waals surface area contributed by atoms with Crippen LogP contribution in [0.25, 0.3) is 0 Å². The zero-order chi connectivity index (χ0) is 18.0. The molecular formula is C17H26N4O3S. The summed E-state index contributed by atoms with van der Waals surface area (Å²) in [6.07, 6.45) is 2.26. The number of carbonyl (C=O) groups is 1. The van der Waals surface area contributed by atoms with Crippen molar-refractivity contribution in [3.8, 4) is 0 Å². The van der Waals surface area contributed by atoms with E-state index in [0.717, 1.165) is 38.4 Å². The lowest BCUT2D eigenvalue weighted by Crippen LogP contribution is -2.48. The van der Waals surface area contributed by atoms with Gasteiger partial charge < -0.3 is 14.7 Å². The standard InChI is InChI=1S/C17H26N4O3S/c1-3-20-7-9-21(10-8-20)17(22)16-12-14(4-6-18-16)19(2)15-5-11-25(23,24)13-15/h4,6,12,15H,3,5,7-11,13H2,1-2H3. The quantitative estimate of drug-likeness (QED) is 0.772. The molecule has 1 amide bonds. The van der Waals surface area contributed by atoms with Crippen LogP contribution in [0.5, 0.6) is 0 Å². The number of likely N-dealkylation sites (N-methyl/N-ethyl adjacent to an activating group) is 1. The van der Waals surface area contributed by atoms with Gasteiger partial charge in [-0.1, -0.05) is 6.92 Å². The maximum absolute atomic E-state index is 12.7. The van der Waals surface area contributed by atoms with Gasteiger partial charge in [-0.2, -0.15) is 0 Å². The Hall–Kier alpha value is -1.67. The molecule has 0 bridgehead atoms. The Morgan fingerprint density at radius 3 is 2.64 bits per heavy atom. The molecule has 1 unspecified atom stereocenters. The maximum atomic E-state index is 12.7. The summed E-state index contributed by atoms with van der Waals surface area (Å²) in [5.41, 5.74) is 1.27. The largest absolute Gasteiger partial charge is 0.370 e. The van der Waals surface area contributed by atoms with E-state index in [2.05, 4.69) is 16.8 Å². The first kappa shape index (κ1) is 18.1. The van der Waals surface area contributed by atoms with Gasteiger partial charge in [0.2, 0.25) is 0 Å². The molecule has 2 aliphatic heterocycles. The van der Waals surface area contributed by atoms with E-state index < -0.39 is 9.84 Å². The third-order valence-corrected chi connectivity index (χ3v) is 6.98. The summed E-state index contributed by atoms with van der Waals surface area (Å²) in [6, 6.07) is 3.57. The predicted octanol–water partition coefficient (Wildman–Crippen LogP) is 0.483. The lowest BCUT2D eigenvalue weighted by atomic mass is 10.2. The third-order valence-electron chi connectivity index (χ3n) is 5.23. The van der Waals surface area contributed by atoms with Crippen LogP contribution in [0, 0.1) is 0 Å². The molecule has 1 aromatic heterocycles. The molecule has 2 saturated heterocycles. The summed E-state index contributed by atoms with van der Waals surface area (Å²) in [7, 11) is -1.05. The fourth-order valence-corrected chi connectivity index (χ4v) is 5.25. The Morgan fingerprint density at radius 2 is 2.04 bits per heavy atom. The Bertz CT molecular complexity index is 729. The lowest BCUT2D eigenvalue weighted by molar-refractivity contribution is 0.0637. The topological polar surface area (TPSA) is 73.8 Å². The van der Waals surface area contributed by atoms with E-state index in [0.29, 0.717) is 12.1 Å². The fourth-order valence-electron chi connectivity index (χ4n) is 3.48. The van der Waals surface area contributed by atoms with Crippen molar-refractivity contribution in [1.82, 2.24) is 14.8 Å². The van der Waals surface area contributed by atoms with Crippen molar-refractivity contribution in [3.05, 3.63) is 24.0 Å². The molecule has 8 heteroatoms. The number of carbonyl (C=O) groups excluding carboxylic acids is 1. The first-order valence-electron chi connectivity index (χ1n) is 8.80. The molecule has 1 aromatic rings. The van der Waals surface area contributed by atoms with Gasteiger partial charge in [0.05, 0.1) is 11.5 Å². The third kappa shape index (κ3) is 4.12. The van der Waals surface area contributed by atoms with Crippen molar-refractivity contribution in [3.63, 3.8) is 0 Å². The highest BCUT2D eigenvalue weighted by Gasteiger charge is 2.31. The number of anilines is 1. The highest BCUT2D eigenvalue weighted by atomic mass is 32.2. The van der Waals surface area contributed by atoms with Crippen molar-refractivity contribution in [2.75, 3.05) is 56.2 Å². The van der Waals surface area contributed by atoms with Gasteiger partial charge in [-0.05, 0) is 25.1 Å². The molecule has 0 saturated carbocycles. The number of hydrogen-bond donors (Lipinski definition) is 0. The summed E-state index contributed by atoms with van der Waals surface area (Å²) in [4.78, 5) is 23.1. The van der Waals surface area contributed by atoms with Gasteiger partial charge in [-0.15, -0.1) is 0 Å². The van der Waals surface area contributed by atoms with E-state index in [1.165, 1.54) is 0 Å². The van der Waals surface area contributed by atoms with E-state index in [1.54, 1.807) is 12.3 Å². The smallest absolute Gasteiger partial charge is 0.272 e. The van der Waals surface area contributed by atoms with Gasteiger partial charge in [-0.3, -0.25) is 9.78 Å². The van der Waals surface area contributed by atoms with Crippen LogP contribution in [0.4, 0.5) is 5.69 Å². The zero-order valence-corrected chi connectivity index (χ0v) is 15.7. The van der Waals surface area contributed by atoms with E-state index in [-0.39, 0.29) is 23.5 Å². The number of nitrogens with zero attached hydrogens (tertiary/aromatic N) is 4. The van der Waals surface area contributed by atoms with E-state index in [1.807, 2.05) is 22.9 Å². The van der Waals surface area contributed by atoms with Gasteiger partial charge in [0.1, 0.15) is 5.69 Å². The van der Waals surface area contributed by atoms with Crippen LogP contribution in [-0.4, -0.2) is 86.4 Å². The highest BCUT2D eigenvalue weighted by molar-refractivity contribution is 7.91. The number of hydrogen-bond acceptors (Lipinski definition) is 6. The number of piperazine rings is 1. The first-order valence-corrected chi connectivity index (χ1v) is 10.6. The minimum atomic E-state index is -2.94. The summed E-state index contributed by atoms with van der Waals surface area (Å²) in [5.74, 6) is 0.360. The van der Waals surface area contributed by atoms with Crippen molar-refractivity contribution in [2.45, 2.75) is 19.4 Å². The van der Waals surface area contributed by atoms with Crippen LogP contribution < -0.4 is 4.90 Å². The van der Waals surface area contributed by atoms with Crippen LogP contribution >= 0.6 is 0 Å². The molecule has 0 radical (unpaired) electrons. The normalized spacial score (nSPS) is 23.6. The first-order chi connectivity index (χ1) is 11.9. The number of rotatable bonds is 4. The Balaban J connectivity index is 1.70. The van der Waals surface area contributed by atoms with E-state index in [4.69, 9.17) is 0 Å². The molecule has 7 nitrogen and oxygen atoms in total. The average molecular weight is 366 g/mol. The van der Waals surface area contributed by atoms with E-state index >= 15 is 0 Å². The summed E-state index contributed by atoms with van der Waals surface area (Å²) in [6.45, 7) is 6.35. The molecule has 0 aromatic carbocycles. The second-order valence-electron chi connectivity index (χ2n) is 6.79. The molecule has 3 heterocycles. The summed E-state index contributed by atoms with van der Waals surface area (Å²) < 4.78 is 23.4. The number of aromatic nitrogens is 1. The molecule has 25 heavy (non-hydrogen) atoms. The maximum Gasteiger partial charge on any atom is 0.272 e. The Kier molecular flexibility index (Phi) is 5.29. The van der Waals surface area contributed by atoms with Gasteiger partial charge in [-0.25, -0.2) is 8.42 Å². The molecule has 3 rings (SSSR count). The highest BCUT2D eigenvalue weighted by Crippen LogP contribution is 2.23. The number of sulfone groups is 1. The molecule has 2 aliphatic rings. The Morgan fingerprint density at radius 1 is 1.32 bits per heavy atom. The van der Waals surface area contributed by atoms with Crippen LogP contribution in [0.1, 0.15) is 23.8 Å². The molecule has 2 fully saturated rings. The second-order valence-corrected chi connectivity index (χ2v) is 9.02. The Labute approximate surface area is 149 Å². The molecule has 0 N–H and O–H groups in total. The average Bonchev–Trinajstić information content (AvgIpc) is 3.00. The fraction of sp³-hybridized carbons (Fsp3) is 0.647. The summed E-state index contributed by atoms with van der Waals surface area (Å²) >= 11 is 0. The molecule has 0 aliphatic carbocycles. The number of pyridine rings is 1. The molecule has 1 atom stereocenters. The van der Waals surface area contributed by atoms with Gasteiger partial charge in [0, 0.05) is 51.2 Å². The predicted molar refractivity (Wildman–Crippen MR) is 97.7 cm³/mol. The minimum absolute atomic E-state index is 0.0385. The van der Waals surface area contributed by atoms with Crippen molar-refractivity contribution in [1.29, 1.82) is 0 Å². The second kappa shape index (κ2) is 7.29. The summed E-state index contributed by atoms with van der Waals surface area (Å²) in [5, 5.41) is 0. The monoisotopic (exact) mass is 366 g/mol. The lowest BCUT2D eigenvalue weighted by Gasteiger charge is -2.34. The minimum Gasteiger partial charge on any atom is -0.370 e. The SMILES string of the molecule is CCN1CCN(C(=O)c2cc(N(C)C3CCS(=O)(=O)C3)ccn2)CC1. The van der Waals surface area contributed by atoms with Crippen molar-refractivity contribution in [2.24, 2.45) is 0 Å². The van der Waals surface area contributed by atoms with Gasteiger partial charge in [0.15, 0.2) is 9.84 Å². The molecular weight excluding hydrogens is 340 g/mol. The zero-order valence-electron chi connectivity index (χ0n) is 14.9. The molecule has 0 spiro atoms. The van der Waals surface area contributed by atoms with E-state index in [9.17, 15) is 13.2 Å². The van der Waals surface area contributed by atoms with Crippen molar-refractivity contribution >= 4 is 21.4 Å². The van der Waals surface area contributed by atoms with Crippen LogP contribution in [0.3, 0.4) is 0 Å². The van der Waals surface area contributed by atoms with Crippen LogP contribution in [-0.2, 0) is 9.84 Å². The van der Waals surface area contributed by atoms with Crippen molar-refractivity contribution < 1.29 is 13.2 Å². The van der Waals surface area contributed by atoms with Crippen LogP contribution in [0.2, 0.25) is 0 Å².